The summed E-state index contributed by atoms with van der Waals surface area (Å²) in [5, 5.41) is 10.0. The Kier molecular flexibility index (Phi) is 5.67. The first kappa shape index (κ1) is 24.0. The number of fused-ring (bicyclic) bond motifs is 3. The van der Waals surface area contributed by atoms with Gasteiger partial charge in [0.05, 0.1) is 28.0 Å². The summed E-state index contributed by atoms with van der Waals surface area (Å²) >= 11 is 5.65. The molecule has 0 aliphatic carbocycles. The van der Waals surface area contributed by atoms with Crippen molar-refractivity contribution in [3.8, 4) is 6.07 Å². The average Bonchev–Trinajstić information content (AvgIpc) is 3.33. The number of benzene rings is 3. The number of hydrogen-bond donors (Lipinski definition) is 1. The lowest BCUT2D eigenvalue weighted by molar-refractivity contribution is -0.120. The molecule has 1 aliphatic rings. The van der Waals surface area contributed by atoms with Gasteiger partial charge in [-0.1, -0.05) is 48.5 Å². The molecule has 1 aliphatic heterocycles. The lowest BCUT2D eigenvalue weighted by Gasteiger charge is -2.36. The molecule has 3 heterocycles. The first-order valence-corrected chi connectivity index (χ1v) is 12.4. The van der Waals surface area contributed by atoms with E-state index in [1.54, 1.807) is 73.7 Å². The zero-order chi connectivity index (χ0) is 27.3. The van der Waals surface area contributed by atoms with Crippen molar-refractivity contribution in [3.63, 3.8) is 0 Å². The van der Waals surface area contributed by atoms with E-state index < -0.39 is 17.4 Å². The van der Waals surface area contributed by atoms with Gasteiger partial charge in [-0.25, -0.2) is 0 Å². The van der Waals surface area contributed by atoms with Gasteiger partial charge in [0, 0.05) is 5.56 Å². The Morgan fingerprint density at radius 1 is 0.821 bits per heavy atom. The molecule has 0 saturated carbocycles. The highest BCUT2D eigenvalue weighted by Crippen LogP contribution is 2.30. The molecule has 1 saturated heterocycles. The molecule has 1 fully saturated rings. The number of amides is 2. The Morgan fingerprint density at radius 2 is 1.36 bits per heavy atom. The molecule has 188 valence electrons. The van der Waals surface area contributed by atoms with Crippen LogP contribution in [0.5, 0.6) is 0 Å². The van der Waals surface area contributed by atoms with E-state index in [9.17, 15) is 19.6 Å². The largest absolute Gasteiger partial charge is 0.338 e. The molecule has 0 radical (unpaired) electrons. The minimum absolute atomic E-state index is 0.00205. The van der Waals surface area contributed by atoms with Crippen LogP contribution in [0.3, 0.4) is 0 Å². The molecule has 8 nitrogen and oxygen atoms in total. The summed E-state index contributed by atoms with van der Waals surface area (Å²) in [5.74, 6) is -1.32. The van der Waals surface area contributed by atoms with Gasteiger partial charge in [-0.05, 0) is 67.2 Å². The molecule has 39 heavy (non-hydrogen) atoms. The second-order valence-electron chi connectivity index (χ2n) is 8.95. The zero-order valence-corrected chi connectivity index (χ0v) is 21.4. The van der Waals surface area contributed by atoms with Gasteiger partial charge in [-0.3, -0.25) is 28.6 Å². The number of carbonyl (C=O) groups excluding carboxylic acids is 2. The second kappa shape index (κ2) is 9.20. The van der Waals surface area contributed by atoms with Crippen molar-refractivity contribution in [1.82, 2.24) is 9.38 Å². The molecular formula is C30H19N5O3S. The first-order valence-electron chi connectivity index (χ1n) is 12.0. The predicted molar refractivity (Wildman–Crippen MR) is 153 cm³/mol. The van der Waals surface area contributed by atoms with Crippen molar-refractivity contribution >= 4 is 63.3 Å². The van der Waals surface area contributed by atoms with Crippen molar-refractivity contribution < 1.29 is 9.59 Å². The van der Waals surface area contributed by atoms with Crippen LogP contribution in [0, 0.1) is 18.3 Å². The average molecular weight is 530 g/mol. The van der Waals surface area contributed by atoms with Crippen molar-refractivity contribution in [3.05, 3.63) is 118 Å². The molecule has 5 aromatic rings. The number of para-hydroxylation sites is 4. The fraction of sp³-hybridized carbons (Fsp3) is 0.0333. The monoisotopic (exact) mass is 529 g/mol. The molecule has 1 N–H and O–H groups in total. The Morgan fingerprint density at radius 3 is 1.92 bits per heavy atom. The third kappa shape index (κ3) is 3.66. The van der Waals surface area contributed by atoms with E-state index in [2.05, 4.69) is 11.1 Å². The molecule has 2 amide bonds. The summed E-state index contributed by atoms with van der Waals surface area (Å²) in [6, 6.07) is 26.9. The minimum atomic E-state index is -0.662. The van der Waals surface area contributed by atoms with Gasteiger partial charge in [0.15, 0.2) is 5.11 Å². The van der Waals surface area contributed by atoms with E-state index in [0.29, 0.717) is 33.6 Å². The van der Waals surface area contributed by atoms with Crippen molar-refractivity contribution in [2.75, 3.05) is 9.80 Å². The van der Waals surface area contributed by atoms with Gasteiger partial charge >= 0.3 is 0 Å². The van der Waals surface area contributed by atoms with Crippen LogP contribution in [0.2, 0.25) is 0 Å². The smallest absolute Gasteiger partial charge is 0.270 e. The molecular weight excluding hydrogens is 510 g/mol. The van der Waals surface area contributed by atoms with Crippen molar-refractivity contribution in [2.45, 2.75) is 6.92 Å². The Hall–Kier alpha value is -5.33. The second-order valence-corrected chi connectivity index (χ2v) is 9.31. The SMILES string of the molecule is Cc1c(C=C2C(=O)N(c3ccccc3)C(=S)N(c3ccccc3)C2=O)c(=O)n2c([nH]c3ccccc32)c1C#N. The third-order valence-electron chi connectivity index (χ3n) is 6.75. The number of nitriles is 1. The van der Waals surface area contributed by atoms with Gasteiger partial charge in [-0.15, -0.1) is 0 Å². The van der Waals surface area contributed by atoms with E-state index in [1.807, 2.05) is 18.2 Å². The molecule has 3 aromatic carbocycles. The number of hydrogen-bond acceptors (Lipinski definition) is 5. The number of anilines is 2. The summed E-state index contributed by atoms with van der Waals surface area (Å²) in [6.45, 7) is 1.63. The minimum Gasteiger partial charge on any atom is -0.338 e. The highest BCUT2D eigenvalue weighted by molar-refractivity contribution is 7.81. The van der Waals surface area contributed by atoms with Gasteiger partial charge in [0.1, 0.15) is 17.3 Å². The standard InChI is InChI=1S/C30H19N5O3S/c1-18-21(27(36)35-25-15-9-8-14-24(25)32-26(35)23(18)17-31)16-22-28(37)33(19-10-4-2-5-11-19)30(39)34(29(22)38)20-12-6-3-7-13-20/h2-16,32H,1H3. The van der Waals surface area contributed by atoms with Crippen molar-refractivity contribution in [1.29, 1.82) is 5.26 Å². The fourth-order valence-corrected chi connectivity index (χ4v) is 5.22. The van der Waals surface area contributed by atoms with Gasteiger partial charge < -0.3 is 4.98 Å². The quantitative estimate of drug-likeness (QED) is 0.207. The van der Waals surface area contributed by atoms with Crippen LogP contribution in [-0.2, 0) is 9.59 Å². The van der Waals surface area contributed by atoms with Crippen LogP contribution in [-0.4, -0.2) is 26.3 Å². The number of thiocarbonyl (C=S) groups is 1. The molecule has 9 heteroatoms. The lowest BCUT2D eigenvalue weighted by Crippen LogP contribution is -2.57. The van der Waals surface area contributed by atoms with Crippen LogP contribution < -0.4 is 15.4 Å². The van der Waals surface area contributed by atoms with E-state index >= 15 is 0 Å². The summed E-state index contributed by atoms with van der Waals surface area (Å²) in [7, 11) is 0. The highest BCUT2D eigenvalue weighted by atomic mass is 32.1. The molecule has 6 rings (SSSR count). The summed E-state index contributed by atoms with van der Waals surface area (Å²) in [4.78, 5) is 47.3. The van der Waals surface area contributed by atoms with Crippen molar-refractivity contribution in [2.24, 2.45) is 0 Å². The number of nitrogens with zero attached hydrogens (tertiary/aromatic N) is 4. The summed E-state index contributed by atoms with van der Waals surface area (Å²) < 4.78 is 1.40. The van der Waals surface area contributed by atoms with Crippen LogP contribution in [0.15, 0.2) is 95.3 Å². The summed E-state index contributed by atoms with van der Waals surface area (Å²) in [5.41, 5.74) is 2.51. The van der Waals surface area contributed by atoms with E-state index in [-0.39, 0.29) is 21.8 Å². The third-order valence-corrected chi connectivity index (χ3v) is 7.11. The number of rotatable bonds is 3. The lowest BCUT2D eigenvalue weighted by atomic mass is 10.0. The number of aromatic nitrogens is 2. The van der Waals surface area contributed by atoms with Gasteiger partial charge in [0.2, 0.25) is 0 Å². The number of imidazole rings is 1. The molecule has 0 atom stereocenters. The van der Waals surface area contributed by atoms with Crippen LogP contribution in [0.1, 0.15) is 16.7 Å². The van der Waals surface area contributed by atoms with Gasteiger partial charge in [-0.2, -0.15) is 5.26 Å². The Labute approximate surface area is 227 Å². The molecule has 0 unspecified atom stereocenters. The fourth-order valence-electron chi connectivity index (χ4n) is 4.85. The number of nitrogens with one attached hydrogen (secondary N) is 1. The first-order chi connectivity index (χ1) is 18.9. The maximum absolute atomic E-state index is 13.9. The topological polar surface area (TPSA) is 102 Å². The van der Waals surface area contributed by atoms with Crippen LogP contribution in [0.25, 0.3) is 22.8 Å². The Balaban J connectivity index is 1.63. The normalized spacial score (nSPS) is 13.8. The van der Waals surface area contributed by atoms with E-state index in [1.165, 1.54) is 20.3 Å². The summed E-state index contributed by atoms with van der Waals surface area (Å²) in [6.07, 6.45) is 1.28. The molecule has 0 spiro atoms. The molecule has 2 aromatic heterocycles. The Bertz CT molecular complexity index is 1900. The maximum atomic E-state index is 13.9. The predicted octanol–water partition coefficient (Wildman–Crippen LogP) is 4.71. The van der Waals surface area contributed by atoms with E-state index in [0.717, 1.165) is 0 Å². The number of pyridine rings is 1. The zero-order valence-electron chi connectivity index (χ0n) is 20.6. The number of H-pyrrole nitrogens is 1. The highest BCUT2D eigenvalue weighted by Gasteiger charge is 2.41. The van der Waals surface area contributed by atoms with Crippen LogP contribution in [0.4, 0.5) is 11.4 Å². The molecule has 0 bridgehead atoms. The number of aromatic amines is 1. The van der Waals surface area contributed by atoms with E-state index in [4.69, 9.17) is 12.2 Å². The van der Waals surface area contributed by atoms with Crippen LogP contribution >= 0.6 is 12.2 Å². The number of carbonyl (C=O) groups is 2. The maximum Gasteiger partial charge on any atom is 0.270 e. The van der Waals surface area contributed by atoms with Gasteiger partial charge in [0.25, 0.3) is 17.4 Å².